The van der Waals surface area contributed by atoms with E-state index < -0.39 is 29.1 Å². The lowest BCUT2D eigenvalue weighted by atomic mass is 9.95. The normalized spacial score (nSPS) is 15.2. The molecule has 0 spiro atoms. The van der Waals surface area contributed by atoms with Gasteiger partial charge in [-0.3, -0.25) is 9.59 Å². The van der Waals surface area contributed by atoms with E-state index in [1.165, 1.54) is 17.9 Å². The second-order valence-electron chi connectivity index (χ2n) is 4.73. The number of likely N-dealkylation sites (tertiary alicyclic amines) is 1. The highest BCUT2D eigenvalue weighted by Gasteiger charge is 2.35. The summed E-state index contributed by atoms with van der Waals surface area (Å²) in [5.74, 6) is -3.55. The Morgan fingerprint density at radius 1 is 1.37 bits per heavy atom. The molecular formula is C13H13F2NO3. The van der Waals surface area contributed by atoms with Crippen molar-refractivity contribution in [1.82, 2.24) is 4.90 Å². The van der Waals surface area contributed by atoms with E-state index in [-0.39, 0.29) is 31.0 Å². The molecule has 1 amide bonds. The van der Waals surface area contributed by atoms with Crippen molar-refractivity contribution < 1.29 is 23.5 Å². The Hall–Kier alpha value is -1.98. The topological polar surface area (TPSA) is 57.6 Å². The first-order chi connectivity index (χ1) is 8.90. The Morgan fingerprint density at radius 3 is 2.58 bits per heavy atom. The average molecular weight is 269 g/mol. The first-order valence-electron chi connectivity index (χ1n) is 5.85. The van der Waals surface area contributed by atoms with Crippen LogP contribution >= 0.6 is 0 Å². The SMILES string of the molecule is Cc1ccc(F)c(C(=O)N2CC(CC(=O)O)C2)c1F. The van der Waals surface area contributed by atoms with Gasteiger partial charge in [-0.2, -0.15) is 0 Å². The third-order valence-electron chi connectivity index (χ3n) is 3.21. The molecule has 6 heteroatoms. The lowest BCUT2D eigenvalue weighted by molar-refractivity contribution is -0.139. The molecule has 0 bridgehead atoms. The molecule has 1 aromatic carbocycles. The summed E-state index contributed by atoms with van der Waals surface area (Å²) in [5.41, 5.74) is -0.360. The van der Waals surface area contributed by atoms with Crippen LogP contribution in [0.2, 0.25) is 0 Å². The number of benzene rings is 1. The fourth-order valence-electron chi connectivity index (χ4n) is 2.12. The Morgan fingerprint density at radius 2 is 2.00 bits per heavy atom. The van der Waals surface area contributed by atoms with Gasteiger partial charge in [-0.25, -0.2) is 8.78 Å². The van der Waals surface area contributed by atoms with Crippen LogP contribution in [-0.4, -0.2) is 35.0 Å². The van der Waals surface area contributed by atoms with Crippen molar-refractivity contribution in [2.24, 2.45) is 5.92 Å². The van der Waals surface area contributed by atoms with E-state index in [0.717, 1.165) is 6.07 Å². The number of carbonyl (C=O) groups excluding carboxylic acids is 1. The second kappa shape index (κ2) is 4.95. The largest absolute Gasteiger partial charge is 0.481 e. The lowest BCUT2D eigenvalue weighted by Crippen LogP contribution is -2.51. The van der Waals surface area contributed by atoms with Gasteiger partial charge in [-0.1, -0.05) is 6.07 Å². The fourth-order valence-corrected chi connectivity index (χ4v) is 2.12. The number of nitrogens with zero attached hydrogens (tertiary/aromatic N) is 1. The maximum absolute atomic E-state index is 13.8. The predicted molar refractivity (Wildman–Crippen MR) is 62.7 cm³/mol. The molecule has 0 atom stereocenters. The zero-order valence-electron chi connectivity index (χ0n) is 10.3. The summed E-state index contributed by atoms with van der Waals surface area (Å²) in [5, 5.41) is 8.59. The van der Waals surface area contributed by atoms with Gasteiger partial charge in [0.1, 0.15) is 17.2 Å². The molecule has 0 unspecified atom stereocenters. The van der Waals surface area contributed by atoms with Crippen molar-refractivity contribution in [3.63, 3.8) is 0 Å². The number of aryl methyl sites for hydroxylation is 1. The summed E-state index contributed by atoms with van der Waals surface area (Å²) in [6, 6.07) is 2.32. The summed E-state index contributed by atoms with van der Waals surface area (Å²) in [7, 11) is 0. The minimum atomic E-state index is -0.940. The van der Waals surface area contributed by atoms with Gasteiger partial charge in [0, 0.05) is 19.0 Å². The number of carboxylic acid groups (broad SMARTS) is 1. The van der Waals surface area contributed by atoms with Gasteiger partial charge in [0.05, 0.1) is 6.42 Å². The van der Waals surface area contributed by atoms with Crippen LogP contribution in [0.1, 0.15) is 22.3 Å². The molecule has 1 aliphatic heterocycles. The van der Waals surface area contributed by atoms with Crippen LogP contribution < -0.4 is 0 Å². The average Bonchev–Trinajstić information content (AvgIpc) is 2.28. The van der Waals surface area contributed by atoms with Crippen LogP contribution in [0, 0.1) is 24.5 Å². The number of carbonyl (C=O) groups is 2. The van der Waals surface area contributed by atoms with Crippen LogP contribution in [0.3, 0.4) is 0 Å². The summed E-state index contributed by atoms with van der Waals surface area (Å²) >= 11 is 0. The molecule has 0 aliphatic carbocycles. The maximum Gasteiger partial charge on any atom is 0.303 e. The summed E-state index contributed by atoms with van der Waals surface area (Å²) in [4.78, 5) is 23.7. The summed E-state index contributed by atoms with van der Waals surface area (Å²) in [6.07, 6.45) is -0.0391. The molecule has 1 aliphatic rings. The summed E-state index contributed by atoms with van der Waals surface area (Å²) in [6.45, 7) is 1.89. The number of amides is 1. The number of hydrogen-bond donors (Lipinski definition) is 1. The quantitative estimate of drug-likeness (QED) is 0.910. The molecule has 1 N–H and O–H groups in total. The second-order valence-corrected chi connectivity index (χ2v) is 4.73. The third kappa shape index (κ3) is 2.57. The predicted octanol–water partition coefficient (Wildman–Crippen LogP) is 1.82. The standard InChI is InChI=1S/C13H13F2NO3/c1-7-2-3-9(14)11(12(7)15)13(19)16-5-8(6-16)4-10(17)18/h2-3,8H,4-6H2,1H3,(H,17,18). The molecule has 0 radical (unpaired) electrons. The van der Waals surface area contributed by atoms with Crippen molar-refractivity contribution in [2.75, 3.05) is 13.1 Å². The minimum Gasteiger partial charge on any atom is -0.481 e. The maximum atomic E-state index is 13.8. The number of carboxylic acids is 1. The molecule has 2 rings (SSSR count). The molecule has 1 aromatic rings. The van der Waals surface area contributed by atoms with E-state index in [1.807, 2.05) is 0 Å². The van der Waals surface area contributed by atoms with E-state index in [9.17, 15) is 18.4 Å². The molecule has 1 saturated heterocycles. The minimum absolute atomic E-state index is 0.0391. The van der Waals surface area contributed by atoms with Gasteiger partial charge in [-0.05, 0) is 18.6 Å². The Balaban J connectivity index is 2.11. The van der Waals surface area contributed by atoms with Gasteiger partial charge in [-0.15, -0.1) is 0 Å². The van der Waals surface area contributed by atoms with Gasteiger partial charge in [0.25, 0.3) is 5.91 Å². The highest BCUT2D eigenvalue weighted by atomic mass is 19.1. The molecule has 0 saturated carbocycles. The highest BCUT2D eigenvalue weighted by Crippen LogP contribution is 2.24. The van der Waals surface area contributed by atoms with E-state index in [0.29, 0.717) is 0 Å². The zero-order chi connectivity index (χ0) is 14.2. The molecule has 1 fully saturated rings. The molecule has 102 valence electrons. The van der Waals surface area contributed by atoms with E-state index in [1.54, 1.807) is 0 Å². The Bertz CT molecular complexity index is 539. The first-order valence-corrected chi connectivity index (χ1v) is 5.85. The lowest BCUT2D eigenvalue weighted by Gasteiger charge is -2.38. The number of aliphatic carboxylic acids is 1. The molecule has 0 aromatic heterocycles. The molecule has 19 heavy (non-hydrogen) atoms. The van der Waals surface area contributed by atoms with Gasteiger partial charge < -0.3 is 10.0 Å². The monoisotopic (exact) mass is 269 g/mol. The van der Waals surface area contributed by atoms with E-state index >= 15 is 0 Å². The van der Waals surface area contributed by atoms with Crippen LogP contribution in [0.25, 0.3) is 0 Å². The summed E-state index contributed by atoms with van der Waals surface area (Å²) < 4.78 is 27.3. The van der Waals surface area contributed by atoms with Crippen LogP contribution in [0.15, 0.2) is 12.1 Å². The number of hydrogen-bond acceptors (Lipinski definition) is 2. The van der Waals surface area contributed by atoms with Gasteiger partial charge in [0.2, 0.25) is 0 Å². The van der Waals surface area contributed by atoms with Crippen molar-refractivity contribution in [1.29, 1.82) is 0 Å². The van der Waals surface area contributed by atoms with Crippen LogP contribution in [0.4, 0.5) is 8.78 Å². The number of halogens is 2. The van der Waals surface area contributed by atoms with E-state index in [4.69, 9.17) is 5.11 Å². The Labute approximate surface area is 108 Å². The molecule has 4 nitrogen and oxygen atoms in total. The highest BCUT2D eigenvalue weighted by molar-refractivity contribution is 5.95. The number of rotatable bonds is 3. The van der Waals surface area contributed by atoms with Crippen LogP contribution in [-0.2, 0) is 4.79 Å². The first kappa shape index (κ1) is 13.5. The fraction of sp³-hybridized carbons (Fsp3) is 0.385. The third-order valence-corrected chi connectivity index (χ3v) is 3.21. The molecule has 1 heterocycles. The zero-order valence-corrected chi connectivity index (χ0v) is 10.3. The van der Waals surface area contributed by atoms with Crippen molar-refractivity contribution in [2.45, 2.75) is 13.3 Å². The van der Waals surface area contributed by atoms with Gasteiger partial charge in [0.15, 0.2) is 0 Å². The van der Waals surface area contributed by atoms with Gasteiger partial charge >= 0.3 is 5.97 Å². The van der Waals surface area contributed by atoms with Crippen LogP contribution in [0.5, 0.6) is 0 Å². The molecular weight excluding hydrogens is 256 g/mol. The Kier molecular flexibility index (Phi) is 3.50. The van der Waals surface area contributed by atoms with Crippen molar-refractivity contribution in [3.05, 3.63) is 34.9 Å². The van der Waals surface area contributed by atoms with Crippen molar-refractivity contribution >= 4 is 11.9 Å². The van der Waals surface area contributed by atoms with E-state index in [2.05, 4.69) is 0 Å². The van der Waals surface area contributed by atoms with Crippen molar-refractivity contribution in [3.8, 4) is 0 Å². The smallest absolute Gasteiger partial charge is 0.303 e.